The lowest BCUT2D eigenvalue weighted by Crippen LogP contribution is -2.50. The van der Waals surface area contributed by atoms with Crippen molar-refractivity contribution < 1.29 is 13.2 Å². The van der Waals surface area contributed by atoms with Gasteiger partial charge >= 0.3 is 0 Å². The molecule has 1 aromatic carbocycles. The Morgan fingerprint density at radius 3 is 2.32 bits per heavy atom. The highest BCUT2D eigenvalue weighted by molar-refractivity contribution is 7.91. The van der Waals surface area contributed by atoms with E-state index in [2.05, 4.69) is 0 Å². The van der Waals surface area contributed by atoms with Crippen molar-refractivity contribution in [3.63, 3.8) is 0 Å². The van der Waals surface area contributed by atoms with E-state index >= 15 is 0 Å². The molecule has 1 aliphatic heterocycles. The fourth-order valence-electron chi connectivity index (χ4n) is 2.66. The van der Waals surface area contributed by atoms with E-state index < -0.39 is 10.0 Å². The number of carbonyl (C=O) groups excluding carboxylic acids is 1. The first kappa shape index (κ1) is 18.7. The van der Waals surface area contributed by atoms with Gasteiger partial charge in [-0.2, -0.15) is 4.31 Å². The molecule has 134 valence electrons. The number of sulfonamides is 1. The molecule has 0 unspecified atom stereocenters. The van der Waals surface area contributed by atoms with E-state index in [1.54, 1.807) is 17.0 Å². The minimum atomic E-state index is -3.55. The van der Waals surface area contributed by atoms with Gasteiger partial charge in [0.15, 0.2) is 0 Å². The van der Waals surface area contributed by atoms with Crippen molar-refractivity contribution in [1.82, 2.24) is 9.21 Å². The highest BCUT2D eigenvalue weighted by Crippen LogP contribution is 2.28. The molecule has 5 nitrogen and oxygen atoms in total. The standard InChI is InChI=1S/C16H16Cl2N2O3S2/c17-13-4-2-1-3-12(13)11-15(21)19-7-9-20(10-8-19)25(22,23)16-6-5-14(18)24-16/h1-6H,7-11H2. The highest BCUT2D eigenvalue weighted by Gasteiger charge is 2.31. The van der Waals surface area contributed by atoms with Crippen LogP contribution in [0.3, 0.4) is 0 Å². The molecule has 25 heavy (non-hydrogen) atoms. The van der Waals surface area contributed by atoms with Crippen LogP contribution < -0.4 is 0 Å². The Hall–Kier alpha value is -1.12. The molecule has 0 bridgehead atoms. The zero-order chi connectivity index (χ0) is 18.0. The number of rotatable bonds is 4. The topological polar surface area (TPSA) is 57.7 Å². The number of benzene rings is 1. The lowest BCUT2D eigenvalue weighted by molar-refractivity contribution is -0.131. The van der Waals surface area contributed by atoms with Gasteiger partial charge in [0.05, 0.1) is 10.8 Å². The number of thiophene rings is 1. The van der Waals surface area contributed by atoms with Crippen LogP contribution in [0.2, 0.25) is 9.36 Å². The average molecular weight is 419 g/mol. The lowest BCUT2D eigenvalue weighted by atomic mass is 10.1. The Morgan fingerprint density at radius 1 is 1.04 bits per heavy atom. The van der Waals surface area contributed by atoms with E-state index in [0.717, 1.165) is 16.9 Å². The van der Waals surface area contributed by atoms with Gasteiger partial charge in [-0.1, -0.05) is 41.4 Å². The molecule has 0 radical (unpaired) electrons. The molecule has 0 saturated carbocycles. The smallest absolute Gasteiger partial charge is 0.252 e. The molecule has 1 saturated heterocycles. The Bertz CT molecular complexity index is 875. The second kappa shape index (κ2) is 7.63. The predicted molar refractivity (Wildman–Crippen MR) is 99.8 cm³/mol. The van der Waals surface area contributed by atoms with Crippen molar-refractivity contribution in [3.8, 4) is 0 Å². The second-order valence-electron chi connectivity index (χ2n) is 5.61. The average Bonchev–Trinajstić information content (AvgIpc) is 3.04. The first-order valence-electron chi connectivity index (χ1n) is 7.64. The fourth-order valence-corrected chi connectivity index (χ4v) is 5.92. The number of halogens is 2. The summed E-state index contributed by atoms with van der Waals surface area (Å²) in [7, 11) is -3.55. The number of nitrogens with zero attached hydrogens (tertiary/aromatic N) is 2. The van der Waals surface area contributed by atoms with E-state index in [1.165, 1.54) is 10.4 Å². The van der Waals surface area contributed by atoms with Gasteiger partial charge in [-0.3, -0.25) is 4.79 Å². The van der Waals surface area contributed by atoms with Crippen molar-refractivity contribution in [2.24, 2.45) is 0 Å². The summed E-state index contributed by atoms with van der Waals surface area (Å²) < 4.78 is 27.2. The van der Waals surface area contributed by atoms with Crippen LogP contribution in [-0.2, 0) is 21.2 Å². The minimum absolute atomic E-state index is 0.0516. The van der Waals surface area contributed by atoms with Gasteiger partial charge in [0.25, 0.3) is 10.0 Å². The molecule has 1 aliphatic rings. The fraction of sp³-hybridized carbons (Fsp3) is 0.312. The third-order valence-electron chi connectivity index (χ3n) is 4.03. The van der Waals surface area contributed by atoms with Crippen LogP contribution in [0.15, 0.2) is 40.6 Å². The van der Waals surface area contributed by atoms with Gasteiger partial charge in [0, 0.05) is 31.2 Å². The van der Waals surface area contributed by atoms with Gasteiger partial charge in [-0.05, 0) is 23.8 Å². The zero-order valence-corrected chi connectivity index (χ0v) is 16.3. The van der Waals surface area contributed by atoms with E-state index in [9.17, 15) is 13.2 Å². The molecule has 2 aromatic rings. The number of hydrogen-bond donors (Lipinski definition) is 0. The van der Waals surface area contributed by atoms with Crippen LogP contribution in [0.25, 0.3) is 0 Å². The van der Waals surface area contributed by atoms with Crippen molar-refractivity contribution in [2.75, 3.05) is 26.2 Å². The molecule has 1 amide bonds. The van der Waals surface area contributed by atoms with Crippen LogP contribution in [0, 0.1) is 0 Å². The maximum atomic E-state index is 12.6. The third kappa shape index (κ3) is 4.17. The van der Waals surface area contributed by atoms with E-state index in [-0.39, 0.29) is 29.6 Å². The zero-order valence-electron chi connectivity index (χ0n) is 13.2. The van der Waals surface area contributed by atoms with E-state index in [4.69, 9.17) is 23.2 Å². The summed E-state index contributed by atoms with van der Waals surface area (Å²) in [6.07, 6.45) is 0.215. The highest BCUT2D eigenvalue weighted by atomic mass is 35.5. The van der Waals surface area contributed by atoms with Gasteiger partial charge in [-0.25, -0.2) is 8.42 Å². The normalized spacial score (nSPS) is 16.2. The van der Waals surface area contributed by atoms with Crippen LogP contribution in [-0.4, -0.2) is 49.7 Å². The quantitative estimate of drug-likeness (QED) is 0.765. The molecular weight excluding hydrogens is 403 g/mol. The van der Waals surface area contributed by atoms with Crippen molar-refractivity contribution in [2.45, 2.75) is 10.6 Å². The summed E-state index contributed by atoms with van der Waals surface area (Å²) in [5, 5.41) is 0.562. The first-order chi connectivity index (χ1) is 11.9. The van der Waals surface area contributed by atoms with Crippen LogP contribution in [0.1, 0.15) is 5.56 Å². The maximum absolute atomic E-state index is 12.6. The van der Waals surface area contributed by atoms with Crippen molar-refractivity contribution in [1.29, 1.82) is 0 Å². The monoisotopic (exact) mass is 418 g/mol. The molecule has 3 rings (SSSR count). The molecule has 1 aromatic heterocycles. The molecule has 9 heteroatoms. The number of piperazine rings is 1. The molecule has 1 fully saturated rings. The van der Waals surface area contributed by atoms with Gasteiger partial charge < -0.3 is 4.90 Å². The van der Waals surface area contributed by atoms with Crippen LogP contribution >= 0.6 is 34.5 Å². The summed E-state index contributed by atoms with van der Waals surface area (Å²) in [4.78, 5) is 14.1. The van der Waals surface area contributed by atoms with E-state index in [1.807, 2.05) is 18.2 Å². The lowest BCUT2D eigenvalue weighted by Gasteiger charge is -2.33. The van der Waals surface area contributed by atoms with Gasteiger partial charge in [0.2, 0.25) is 5.91 Å². The largest absolute Gasteiger partial charge is 0.340 e. The predicted octanol–water partition coefficient (Wildman–Crippen LogP) is 3.13. The van der Waals surface area contributed by atoms with Gasteiger partial charge in [-0.15, -0.1) is 11.3 Å². The molecule has 0 N–H and O–H groups in total. The van der Waals surface area contributed by atoms with Crippen molar-refractivity contribution in [3.05, 3.63) is 51.3 Å². The summed E-state index contributed by atoms with van der Waals surface area (Å²) in [6, 6.07) is 10.3. The summed E-state index contributed by atoms with van der Waals surface area (Å²) in [6.45, 7) is 1.27. The molecular formula is C16H16Cl2N2O3S2. The third-order valence-corrected chi connectivity index (χ3v) is 8.00. The second-order valence-corrected chi connectivity index (χ2v) is 9.90. The van der Waals surface area contributed by atoms with Crippen LogP contribution in [0.5, 0.6) is 0 Å². The van der Waals surface area contributed by atoms with Gasteiger partial charge in [0.1, 0.15) is 4.21 Å². The SMILES string of the molecule is O=C(Cc1ccccc1Cl)N1CCN(S(=O)(=O)c2ccc(Cl)s2)CC1. The van der Waals surface area contributed by atoms with E-state index in [0.29, 0.717) is 22.4 Å². The Labute approximate surface area is 160 Å². The Balaban J connectivity index is 1.62. The number of carbonyl (C=O) groups is 1. The van der Waals surface area contributed by atoms with Crippen molar-refractivity contribution >= 4 is 50.5 Å². The molecule has 2 heterocycles. The molecule has 0 aliphatic carbocycles. The molecule has 0 spiro atoms. The summed E-state index contributed by atoms with van der Waals surface area (Å²) in [5.74, 6) is -0.0516. The number of hydrogen-bond acceptors (Lipinski definition) is 4. The maximum Gasteiger partial charge on any atom is 0.252 e. The molecule has 0 atom stereocenters. The first-order valence-corrected chi connectivity index (χ1v) is 10.7. The Morgan fingerprint density at radius 2 is 1.72 bits per heavy atom. The summed E-state index contributed by atoms with van der Waals surface area (Å²) in [5.41, 5.74) is 0.775. The Kier molecular flexibility index (Phi) is 5.70. The van der Waals surface area contributed by atoms with Crippen LogP contribution in [0.4, 0.5) is 0 Å². The minimum Gasteiger partial charge on any atom is -0.340 e. The summed E-state index contributed by atoms with van der Waals surface area (Å²) >= 11 is 13.0. The number of amides is 1.